The molecule has 1 aliphatic carbocycles. The Morgan fingerprint density at radius 2 is 2.07 bits per heavy atom. The Hall–Kier alpha value is -0.440. The highest BCUT2D eigenvalue weighted by molar-refractivity contribution is 7.98. The normalized spacial score (nSPS) is 18.7. The number of hydrogen-bond donors (Lipinski definition) is 0. The SMILES string of the molecule is CSc1ncc(C2CCCCC2)n1C. The molecular formula is C11H18N2S. The summed E-state index contributed by atoms with van der Waals surface area (Å²) in [5.74, 6) is 0.766. The molecule has 0 amide bonds. The minimum Gasteiger partial charge on any atom is -0.326 e. The van der Waals surface area contributed by atoms with Gasteiger partial charge in [-0.05, 0) is 19.1 Å². The van der Waals surface area contributed by atoms with Gasteiger partial charge in [0.1, 0.15) is 0 Å². The number of nitrogens with zero attached hydrogens (tertiary/aromatic N) is 2. The summed E-state index contributed by atoms with van der Waals surface area (Å²) in [6.07, 6.45) is 11.1. The molecule has 1 aromatic heterocycles. The second-order valence-corrected chi connectivity index (χ2v) is 4.84. The van der Waals surface area contributed by atoms with Gasteiger partial charge >= 0.3 is 0 Å². The third-order valence-corrected chi connectivity index (χ3v) is 3.93. The lowest BCUT2D eigenvalue weighted by Gasteiger charge is -2.21. The van der Waals surface area contributed by atoms with E-state index in [0.29, 0.717) is 0 Å². The molecule has 14 heavy (non-hydrogen) atoms. The first kappa shape index (κ1) is 10.1. The summed E-state index contributed by atoms with van der Waals surface area (Å²) in [7, 11) is 2.14. The molecule has 1 heterocycles. The molecule has 0 saturated heterocycles. The Morgan fingerprint density at radius 1 is 1.36 bits per heavy atom. The minimum atomic E-state index is 0.766. The fourth-order valence-corrected chi connectivity index (χ4v) is 2.91. The van der Waals surface area contributed by atoms with Gasteiger partial charge < -0.3 is 4.57 Å². The van der Waals surface area contributed by atoms with Crippen LogP contribution in [-0.4, -0.2) is 15.8 Å². The molecule has 1 aromatic rings. The van der Waals surface area contributed by atoms with Crippen LogP contribution in [0.1, 0.15) is 43.7 Å². The van der Waals surface area contributed by atoms with Crippen molar-refractivity contribution in [2.45, 2.75) is 43.2 Å². The van der Waals surface area contributed by atoms with Gasteiger partial charge in [-0.1, -0.05) is 31.0 Å². The lowest BCUT2D eigenvalue weighted by Crippen LogP contribution is -2.09. The van der Waals surface area contributed by atoms with E-state index in [1.54, 1.807) is 11.8 Å². The molecule has 0 bridgehead atoms. The Kier molecular flexibility index (Phi) is 3.16. The van der Waals surface area contributed by atoms with Crippen LogP contribution < -0.4 is 0 Å². The highest BCUT2D eigenvalue weighted by Crippen LogP contribution is 2.33. The van der Waals surface area contributed by atoms with Crippen LogP contribution in [0.4, 0.5) is 0 Å². The third kappa shape index (κ3) is 1.83. The summed E-state index contributed by atoms with van der Waals surface area (Å²) in [5.41, 5.74) is 1.44. The van der Waals surface area contributed by atoms with E-state index in [4.69, 9.17) is 0 Å². The van der Waals surface area contributed by atoms with E-state index in [1.165, 1.54) is 37.8 Å². The van der Waals surface area contributed by atoms with Gasteiger partial charge in [0.25, 0.3) is 0 Å². The summed E-state index contributed by atoms with van der Waals surface area (Å²) >= 11 is 1.73. The topological polar surface area (TPSA) is 17.8 Å². The van der Waals surface area contributed by atoms with E-state index in [0.717, 1.165) is 11.1 Å². The van der Waals surface area contributed by atoms with Gasteiger partial charge in [-0.15, -0.1) is 0 Å². The van der Waals surface area contributed by atoms with Gasteiger partial charge in [-0.25, -0.2) is 4.98 Å². The van der Waals surface area contributed by atoms with E-state index in [1.807, 2.05) is 0 Å². The van der Waals surface area contributed by atoms with Gasteiger partial charge in [-0.2, -0.15) is 0 Å². The van der Waals surface area contributed by atoms with Crippen molar-refractivity contribution in [1.29, 1.82) is 0 Å². The van der Waals surface area contributed by atoms with E-state index >= 15 is 0 Å². The lowest BCUT2D eigenvalue weighted by molar-refractivity contribution is 0.426. The second-order valence-electron chi connectivity index (χ2n) is 4.06. The van der Waals surface area contributed by atoms with Gasteiger partial charge in [0.15, 0.2) is 5.16 Å². The zero-order valence-corrected chi connectivity index (χ0v) is 9.81. The molecule has 0 unspecified atom stereocenters. The summed E-state index contributed by atoms with van der Waals surface area (Å²) in [6, 6.07) is 0. The molecule has 0 atom stereocenters. The Bertz CT molecular complexity index is 300. The maximum absolute atomic E-state index is 4.44. The van der Waals surface area contributed by atoms with Crippen LogP contribution in [0.15, 0.2) is 11.4 Å². The van der Waals surface area contributed by atoms with Gasteiger partial charge in [0, 0.05) is 24.9 Å². The van der Waals surface area contributed by atoms with Crippen molar-refractivity contribution in [2.24, 2.45) is 7.05 Å². The second kappa shape index (κ2) is 4.39. The summed E-state index contributed by atoms with van der Waals surface area (Å²) in [4.78, 5) is 4.44. The van der Waals surface area contributed by atoms with Crippen LogP contribution in [0.2, 0.25) is 0 Å². The number of thioether (sulfide) groups is 1. The van der Waals surface area contributed by atoms with Crippen LogP contribution in [-0.2, 0) is 7.05 Å². The number of hydrogen-bond acceptors (Lipinski definition) is 2. The summed E-state index contributed by atoms with van der Waals surface area (Å²) in [5, 5.41) is 1.14. The van der Waals surface area contributed by atoms with Crippen LogP contribution in [0, 0.1) is 0 Å². The van der Waals surface area contributed by atoms with Crippen molar-refractivity contribution in [3.05, 3.63) is 11.9 Å². The third-order valence-electron chi connectivity index (χ3n) is 3.19. The van der Waals surface area contributed by atoms with Gasteiger partial charge in [0.05, 0.1) is 0 Å². The Balaban J connectivity index is 2.18. The molecule has 78 valence electrons. The average molecular weight is 210 g/mol. The van der Waals surface area contributed by atoms with Crippen molar-refractivity contribution >= 4 is 11.8 Å². The van der Waals surface area contributed by atoms with Crippen molar-refractivity contribution in [3.8, 4) is 0 Å². The number of imidazole rings is 1. The van der Waals surface area contributed by atoms with E-state index < -0.39 is 0 Å². The molecule has 2 nitrogen and oxygen atoms in total. The van der Waals surface area contributed by atoms with E-state index in [9.17, 15) is 0 Å². The van der Waals surface area contributed by atoms with Crippen LogP contribution in [0.5, 0.6) is 0 Å². The standard InChI is InChI=1S/C11H18N2S/c1-13-10(8-12-11(13)14-2)9-6-4-3-5-7-9/h8-9H,3-7H2,1-2H3. The highest BCUT2D eigenvalue weighted by atomic mass is 32.2. The predicted octanol–water partition coefficient (Wildman–Crippen LogP) is 3.19. The first-order chi connectivity index (χ1) is 6.83. The fraction of sp³-hybridized carbons (Fsp3) is 0.727. The monoisotopic (exact) mass is 210 g/mol. The quantitative estimate of drug-likeness (QED) is 0.698. The van der Waals surface area contributed by atoms with Crippen LogP contribution in [0.25, 0.3) is 0 Å². The Labute approximate surface area is 90.1 Å². The smallest absolute Gasteiger partial charge is 0.167 e. The fourth-order valence-electron chi connectivity index (χ4n) is 2.37. The number of rotatable bonds is 2. The van der Waals surface area contributed by atoms with Crippen LogP contribution in [0.3, 0.4) is 0 Å². The molecule has 1 aliphatic rings. The van der Waals surface area contributed by atoms with Crippen molar-refractivity contribution in [3.63, 3.8) is 0 Å². The zero-order valence-electron chi connectivity index (χ0n) is 8.99. The molecule has 3 heteroatoms. The molecule has 1 saturated carbocycles. The largest absolute Gasteiger partial charge is 0.326 e. The maximum Gasteiger partial charge on any atom is 0.167 e. The molecule has 0 aromatic carbocycles. The van der Waals surface area contributed by atoms with Crippen molar-refractivity contribution < 1.29 is 0 Å². The molecule has 2 rings (SSSR count). The molecule has 0 N–H and O–H groups in total. The van der Waals surface area contributed by atoms with Gasteiger partial charge in [-0.3, -0.25) is 0 Å². The molecule has 0 spiro atoms. The summed E-state index contributed by atoms with van der Waals surface area (Å²) < 4.78 is 2.26. The molecule has 1 fully saturated rings. The van der Waals surface area contributed by atoms with Gasteiger partial charge in [0.2, 0.25) is 0 Å². The minimum absolute atomic E-state index is 0.766. The number of aromatic nitrogens is 2. The van der Waals surface area contributed by atoms with E-state index in [2.05, 4.69) is 29.1 Å². The molecule has 0 aliphatic heterocycles. The highest BCUT2D eigenvalue weighted by Gasteiger charge is 2.19. The predicted molar refractivity (Wildman–Crippen MR) is 60.8 cm³/mol. The Morgan fingerprint density at radius 3 is 2.64 bits per heavy atom. The van der Waals surface area contributed by atoms with E-state index in [-0.39, 0.29) is 0 Å². The van der Waals surface area contributed by atoms with Crippen molar-refractivity contribution in [2.75, 3.05) is 6.26 Å². The average Bonchev–Trinajstić information content (AvgIpc) is 2.61. The lowest BCUT2D eigenvalue weighted by atomic mass is 9.87. The molecular weight excluding hydrogens is 192 g/mol. The first-order valence-electron chi connectivity index (χ1n) is 5.38. The molecule has 0 radical (unpaired) electrons. The van der Waals surface area contributed by atoms with Crippen LogP contribution >= 0.6 is 11.8 Å². The first-order valence-corrected chi connectivity index (χ1v) is 6.61. The maximum atomic E-state index is 4.44. The van der Waals surface area contributed by atoms with Crippen molar-refractivity contribution in [1.82, 2.24) is 9.55 Å². The summed E-state index contributed by atoms with van der Waals surface area (Å²) in [6.45, 7) is 0. The zero-order chi connectivity index (χ0) is 9.97.